The molecule has 1 aromatic rings. The molecule has 2 nitrogen and oxygen atoms in total. The Morgan fingerprint density at radius 2 is 2.12 bits per heavy atom. The first-order chi connectivity index (χ1) is 8.10. The van der Waals surface area contributed by atoms with Gasteiger partial charge in [-0.1, -0.05) is 6.92 Å². The number of halogens is 2. The molecule has 0 heterocycles. The molecule has 0 fully saturated rings. The zero-order chi connectivity index (χ0) is 12.8. The molecule has 1 atom stereocenters. The molecule has 0 saturated heterocycles. The summed E-state index contributed by atoms with van der Waals surface area (Å²) < 4.78 is 26.7. The van der Waals surface area contributed by atoms with Crippen LogP contribution in [-0.4, -0.2) is 18.1 Å². The molecule has 0 saturated carbocycles. The molecule has 5 heteroatoms. The average Bonchev–Trinajstić information content (AvgIpc) is 2.34. The van der Waals surface area contributed by atoms with Gasteiger partial charge in [0.2, 0.25) is 0 Å². The van der Waals surface area contributed by atoms with Gasteiger partial charge >= 0.3 is 0 Å². The summed E-state index contributed by atoms with van der Waals surface area (Å²) in [7, 11) is 0. The van der Waals surface area contributed by atoms with Crippen LogP contribution in [0.4, 0.5) is 14.5 Å². The predicted molar refractivity (Wildman–Crippen MR) is 67.2 cm³/mol. The third kappa shape index (κ3) is 3.60. The number of hydrogen-bond donors (Lipinski definition) is 1. The third-order valence-corrected chi connectivity index (χ3v) is 3.51. The van der Waals surface area contributed by atoms with Gasteiger partial charge in [0.1, 0.15) is 6.07 Å². The summed E-state index contributed by atoms with van der Waals surface area (Å²) in [4.78, 5) is 0. The van der Waals surface area contributed by atoms with Crippen molar-refractivity contribution in [3.8, 4) is 6.07 Å². The van der Waals surface area contributed by atoms with Gasteiger partial charge in [0.05, 0.1) is 11.3 Å². The van der Waals surface area contributed by atoms with Crippen molar-refractivity contribution in [3.63, 3.8) is 0 Å². The fourth-order valence-corrected chi connectivity index (χ4v) is 1.65. The molecule has 0 aliphatic carbocycles. The molecule has 1 N–H and O–H groups in total. The number of thioether (sulfide) groups is 1. The summed E-state index contributed by atoms with van der Waals surface area (Å²) in [5.41, 5.74) is -0.166. The Hall–Kier alpha value is -1.28. The topological polar surface area (TPSA) is 35.8 Å². The molecule has 92 valence electrons. The molecule has 17 heavy (non-hydrogen) atoms. The van der Waals surface area contributed by atoms with Crippen molar-refractivity contribution in [3.05, 3.63) is 29.3 Å². The van der Waals surface area contributed by atoms with E-state index < -0.39 is 11.6 Å². The van der Waals surface area contributed by atoms with E-state index in [1.165, 1.54) is 12.1 Å². The number of benzene rings is 1. The van der Waals surface area contributed by atoms with Crippen molar-refractivity contribution in [1.82, 2.24) is 0 Å². The van der Waals surface area contributed by atoms with Gasteiger partial charge in [-0.25, -0.2) is 8.78 Å². The minimum Gasteiger partial charge on any atom is -0.383 e. The SMILES string of the molecule is CSC(C)CCNc1ccc(C#N)c(F)c1F. The lowest BCUT2D eigenvalue weighted by atomic mass is 10.2. The van der Waals surface area contributed by atoms with E-state index in [-0.39, 0.29) is 11.3 Å². The van der Waals surface area contributed by atoms with Gasteiger partial charge in [0.15, 0.2) is 11.6 Å². The average molecular weight is 256 g/mol. The second-order valence-corrected chi connectivity index (χ2v) is 4.94. The Kier molecular flexibility index (Phi) is 5.23. The fourth-order valence-electron chi connectivity index (χ4n) is 1.30. The number of rotatable bonds is 5. The lowest BCUT2D eigenvalue weighted by Gasteiger charge is -2.11. The van der Waals surface area contributed by atoms with Gasteiger partial charge in [-0.2, -0.15) is 17.0 Å². The first kappa shape index (κ1) is 13.8. The highest BCUT2D eigenvalue weighted by atomic mass is 32.2. The first-order valence-electron chi connectivity index (χ1n) is 5.25. The van der Waals surface area contributed by atoms with Gasteiger partial charge in [-0.3, -0.25) is 0 Å². The molecule has 1 rings (SSSR count). The van der Waals surface area contributed by atoms with Crippen LogP contribution in [0.25, 0.3) is 0 Å². The zero-order valence-corrected chi connectivity index (χ0v) is 10.6. The summed E-state index contributed by atoms with van der Waals surface area (Å²) in [6.07, 6.45) is 2.87. The molecule has 1 aromatic carbocycles. The number of nitriles is 1. The second-order valence-electron chi connectivity index (χ2n) is 3.66. The van der Waals surface area contributed by atoms with Crippen molar-refractivity contribution in [2.75, 3.05) is 18.1 Å². The van der Waals surface area contributed by atoms with Crippen molar-refractivity contribution >= 4 is 17.4 Å². The Morgan fingerprint density at radius 3 is 2.71 bits per heavy atom. The van der Waals surface area contributed by atoms with E-state index in [1.807, 2.05) is 6.26 Å². The predicted octanol–water partition coefficient (Wildman–Crippen LogP) is 3.39. The minimum atomic E-state index is -1.09. The van der Waals surface area contributed by atoms with Crippen LogP contribution in [-0.2, 0) is 0 Å². The molecule has 0 aromatic heterocycles. The molecular formula is C12H14F2N2S. The van der Waals surface area contributed by atoms with Gasteiger partial charge in [-0.05, 0) is 24.8 Å². The van der Waals surface area contributed by atoms with E-state index in [2.05, 4.69) is 12.2 Å². The molecule has 0 amide bonds. The molecule has 0 bridgehead atoms. The van der Waals surface area contributed by atoms with Crippen LogP contribution >= 0.6 is 11.8 Å². The Balaban J connectivity index is 2.67. The number of nitrogens with zero attached hydrogens (tertiary/aromatic N) is 1. The van der Waals surface area contributed by atoms with Crippen LogP contribution in [0, 0.1) is 23.0 Å². The van der Waals surface area contributed by atoms with Crippen LogP contribution in [0.5, 0.6) is 0 Å². The standard InChI is InChI=1S/C12H14F2N2S/c1-8(17-2)5-6-16-10-4-3-9(7-15)11(13)12(10)14/h3-4,8,16H,5-6H2,1-2H3. The Labute approximate surface area is 104 Å². The molecule has 0 aliphatic rings. The van der Waals surface area contributed by atoms with Crippen molar-refractivity contribution in [2.45, 2.75) is 18.6 Å². The molecule has 0 radical (unpaired) electrons. The lowest BCUT2D eigenvalue weighted by molar-refractivity contribution is 0.508. The van der Waals surface area contributed by atoms with Crippen molar-refractivity contribution < 1.29 is 8.78 Å². The third-order valence-electron chi connectivity index (χ3n) is 2.47. The highest BCUT2D eigenvalue weighted by Crippen LogP contribution is 2.20. The molecular weight excluding hydrogens is 242 g/mol. The maximum absolute atomic E-state index is 13.5. The Bertz CT molecular complexity index is 429. The van der Waals surface area contributed by atoms with E-state index in [0.29, 0.717) is 11.8 Å². The number of anilines is 1. The largest absolute Gasteiger partial charge is 0.383 e. The summed E-state index contributed by atoms with van der Waals surface area (Å²) in [5.74, 6) is -2.07. The Morgan fingerprint density at radius 1 is 1.41 bits per heavy atom. The van der Waals surface area contributed by atoms with Crippen LogP contribution in [0.1, 0.15) is 18.9 Å². The lowest BCUT2D eigenvalue weighted by Crippen LogP contribution is -2.09. The smallest absolute Gasteiger partial charge is 0.183 e. The van der Waals surface area contributed by atoms with Crippen LogP contribution < -0.4 is 5.32 Å². The highest BCUT2D eigenvalue weighted by Gasteiger charge is 2.12. The normalized spacial score (nSPS) is 11.9. The summed E-state index contributed by atoms with van der Waals surface area (Å²) >= 11 is 1.72. The zero-order valence-electron chi connectivity index (χ0n) is 9.76. The molecule has 0 spiro atoms. The van der Waals surface area contributed by atoms with E-state index in [4.69, 9.17) is 5.26 Å². The second kappa shape index (κ2) is 6.45. The minimum absolute atomic E-state index is 0.106. The van der Waals surface area contributed by atoms with Gasteiger partial charge in [0, 0.05) is 11.8 Å². The number of nitrogens with one attached hydrogen (secondary N) is 1. The summed E-state index contributed by atoms with van der Waals surface area (Å²) in [5, 5.41) is 11.8. The quantitative estimate of drug-likeness (QED) is 0.877. The first-order valence-corrected chi connectivity index (χ1v) is 6.53. The van der Waals surface area contributed by atoms with E-state index in [1.54, 1.807) is 17.8 Å². The van der Waals surface area contributed by atoms with Crippen LogP contribution in [0.3, 0.4) is 0 Å². The van der Waals surface area contributed by atoms with Gasteiger partial charge in [0.25, 0.3) is 0 Å². The summed E-state index contributed by atoms with van der Waals surface area (Å²) in [6, 6.07) is 4.27. The van der Waals surface area contributed by atoms with Crippen LogP contribution in [0.2, 0.25) is 0 Å². The van der Waals surface area contributed by atoms with E-state index in [9.17, 15) is 8.78 Å². The van der Waals surface area contributed by atoms with E-state index >= 15 is 0 Å². The fraction of sp³-hybridized carbons (Fsp3) is 0.417. The highest BCUT2D eigenvalue weighted by molar-refractivity contribution is 7.99. The van der Waals surface area contributed by atoms with Gasteiger partial charge in [-0.15, -0.1) is 0 Å². The van der Waals surface area contributed by atoms with Crippen LogP contribution in [0.15, 0.2) is 12.1 Å². The van der Waals surface area contributed by atoms with Gasteiger partial charge < -0.3 is 5.32 Å². The van der Waals surface area contributed by atoms with E-state index in [0.717, 1.165) is 6.42 Å². The monoisotopic (exact) mass is 256 g/mol. The van der Waals surface area contributed by atoms with Crippen molar-refractivity contribution in [2.24, 2.45) is 0 Å². The molecule has 0 aliphatic heterocycles. The van der Waals surface area contributed by atoms with Crippen molar-refractivity contribution in [1.29, 1.82) is 5.26 Å². The molecule has 1 unspecified atom stereocenters. The number of hydrogen-bond acceptors (Lipinski definition) is 3. The summed E-state index contributed by atoms with van der Waals surface area (Å²) in [6.45, 7) is 2.65. The maximum Gasteiger partial charge on any atom is 0.183 e. The maximum atomic E-state index is 13.5.